The van der Waals surface area contributed by atoms with Gasteiger partial charge in [-0.3, -0.25) is 0 Å². The predicted octanol–water partition coefficient (Wildman–Crippen LogP) is 2.13. The van der Waals surface area contributed by atoms with Crippen molar-refractivity contribution in [3.63, 3.8) is 0 Å². The van der Waals surface area contributed by atoms with E-state index in [9.17, 15) is 0 Å². The minimum Gasteiger partial charge on any atom is -0.322 e. The second-order valence-corrected chi connectivity index (χ2v) is 3.68. The Kier molecular flexibility index (Phi) is 2.51. The van der Waals surface area contributed by atoms with Gasteiger partial charge in [-0.05, 0) is 11.2 Å². The molecule has 0 unspecified atom stereocenters. The van der Waals surface area contributed by atoms with Gasteiger partial charge in [-0.25, -0.2) is 0 Å². The van der Waals surface area contributed by atoms with Crippen LogP contribution in [0.4, 0.5) is 0 Å². The topological polar surface area (TPSA) is 18.5 Å². The molecule has 1 saturated heterocycles. The fourth-order valence-corrected chi connectivity index (χ4v) is 1.61. The van der Waals surface area contributed by atoms with E-state index in [0.29, 0.717) is 5.92 Å². The first-order chi connectivity index (χ1) is 3.79. The lowest BCUT2D eigenvalue weighted by atomic mass is 10.2. The minimum atomic E-state index is -1.05. The summed E-state index contributed by atoms with van der Waals surface area (Å²) in [4.78, 5) is 0. The molecule has 0 bridgehead atoms. The lowest BCUT2D eigenvalue weighted by Gasteiger charge is -2.20. The summed E-state index contributed by atoms with van der Waals surface area (Å²) < 4.78 is 10.00. The van der Waals surface area contributed by atoms with Crippen LogP contribution in [0, 0.1) is 5.92 Å². The molecule has 0 aliphatic carbocycles. The molecular formula is C4H8ClO2P. The Morgan fingerprint density at radius 2 is 2.00 bits per heavy atom. The van der Waals surface area contributed by atoms with Crippen LogP contribution in [0.3, 0.4) is 0 Å². The van der Waals surface area contributed by atoms with Gasteiger partial charge in [-0.1, -0.05) is 6.92 Å². The van der Waals surface area contributed by atoms with E-state index in [1.807, 2.05) is 0 Å². The second kappa shape index (κ2) is 2.98. The van der Waals surface area contributed by atoms with E-state index >= 15 is 0 Å². The van der Waals surface area contributed by atoms with E-state index < -0.39 is 7.73 Å². The summed E-state index contributed by atoms with van der Waals surface area (Å²) in [7, 11) is -1.05. The minimum absolute atomic E-state index is 0.507. The molecule has 1 aliphatic heterocycles. The van der Waals surface area contributed by atoms with E-state index in [1.165, 1.54) is 0 Å². The van der Waals surface area contributed by atoms with Gasteiger partial charge in [-0.15, -0.1) is 0 Å². The van der Waals surface area contributed by atoms with Gasteiger partial charge in [0.25, 0.3) is 7.73 Å². The molecule has 0 radical (unpaired) electrons. The Bertz CT molecular complexity index is 62.4. The molecule has 0 spiro atoms. The van der Waals surface area contributed by atoms with Gasteiger partial charge in [0.05, 0.1) is 13.2 Å². The zero-order chi connectivity index (χ0) is 5.98. The fourth-order valence-electron chi connectivity index (χ4n) is 0.457. The average Bonchev–Trinajstić information content (AvgIpc) is 1.77. The van der Waals surface area contributed by atoms with Crippen molar-refractivity contribution in [1.29, 1.82) is 0 Å². The van der Waals surface area contributed by atoms with Crippen molar-refractivity contribution < 1.29 is 9.05 Å². The van der Waals surface area contributed by atoms with Crippen LogP contribution in [0.1, 0.15) is 6.92 Å². The van der Waals surface area contributed by atoms with E-state index in [1.54, 1.807) is 0 Å². The SMILES string of the molecule is CC1COP(Cl)OC1. The van der Waals surface area contributed by atoms with Crippen LogP contribution < -0.4 is 0 Å². The smallest absolute Gasteiger partial charge is 0.276 e. The van der Waals surface area contributed by atoms with Crippen LogP contribution in [0.2, 0.25) is 0 Å². The highest BCUT2D eigenvalue weighted by molar-refractivity contribution is 7.76. The molecule has 48 valence electrons. The first kappa shape index (κ1) is 6.76. The highest BCUT2D eigenvalue weighted by Gasteiger charge is 2.16. The van der Waals surface area contributed by atoms with Gasteiger partial charge in [0.15, 0.2) is 0 Å². The molecular weight excluding hydrogens is 146 g/mol. The Labute approximate surface area is 54.8 Å². The van der Waals surface area contributed by atoms with Gasteiger partial charge in [0.2, 0.25) is 0 Å². The third-order valence-electron chi connectivity index (χ3n) is 0.921. The fraction of sp³-hybridized carbons (Fsp3) is 1.00. The van der Waals surface area contributed by atoms with Gasteiger partial charge >= 0.3 is 0 Å². The number of rotatable bonds is 0. The van der Waals surface area contributed by atoms with E-state index in [2.05, 4.69) is 6.92 Å². The van der Waals surface area contributed by atoms with Crippen molar-refractivity contribution in [2.45, 2.75) is 6.92 Å². The number of halogens is 1. The molecule has 2 nitrogen and oxygen atoms in total. The third-order valence-corrected chi connectivity index (χ3v) is 2.21. The molecule has 0 amide bonds. The van der Waals surface area contributed by atoms with Crippen LogP contribution >= 0.6 is 19.0 Å². The van der Waals surface area contributed by atoms with Gasteiger partial charge < -0.3 is 9.05 Å². The number of hydrogen-bond acceptors (Lipinski definition) is 2. The Morgan fingerprint density at radius 3 is 2.38 bits per heavy atom. The molecule has 0 aromatic carbocycles. The zero-order valence-corrected chi connectivity index (χ0v) is 6.28. The normalized spacial score (nSPS) is 39.8. The molecule has 0 aromatic heterocycles. The van der Waals surface area contributed by atoms with Crippen LogP contribution in [0.5, 0.6) is 0 Å². The van der Waals surface area contributed by atoms with E-state index in [4.69, 9.17) is 20.3 Å². The summed E-state index contributed by atoms with van der Waals surface area (Å²) in [6.45, 7) is 3.56. The number of hydrogen-bond donors (Lipinski definition) is 0. The van der Waals surface area contributed by atoms with Crippen LogP contribution in [-0.2, 0) is 9.05 Å². The molecule has 1 rings (SSSR count). The van der Waals surface area contributed by atoms with Crippen molar-refractivity contribution in [1.82, 2.24) is 0 Å². The molecule has 8 heavy (non-hydrogen) atoms. The van der Waals surface area contributed by atoms with E-state index in [0.717, 1.165) is 13.2 Å². The first-order valence-electron chi connectivity index (χ1n) is 2.51. The highest BCUT2D eigenvalue weighted by Crippen LogP contribution is 2.46. The van der Waals surface area contributed by atoms with Crippen LogP contribution in [-0.4, -0.2) is 13.2 Å². The summed E-state index contributed by atoms with van der Waals surface area (Å²) in [6, 6.07) is 0. The van der Waals surface area contributed by atoms with Crippen LogP contribution in [0.25, 0.3) is 0 Å². The molecule has 0 N–H and O–H groups in total. The largest absolute Gasteiger partial charge is 0.322 e. The maximum atomic E-state index is 5.50. The summed E-state index contributed by atoms with van der Waals surface area (Å²) in [6.07, 6.45) is 0. The lowest BCUT2D eigenvalue weighted by molar-refractivity contribution is 0.138. The zero-order valence-electron chi connectivity index (χ0n) is 4.63. The summed E-state index contributed by atoms with van der Waals surface area (Å²) >= 11 is 5.50. The molecule has 1 aliphatic rings. The van der Waals surface area contributed by atoms with E-state index in [-0.39, 0.29) is 0 Å². The summed E-state index contributed by atoms with van der Waals surface area (Å²) in [5, 5.41) is 0. The molecule has 0 aromatic rings. The maximum Gasteiger partial charge on any atom is 0.276 e. The second-order valence-electron chi connectivity index (χ2n) is 1.91. The van der Waals surface area contributed by atoms with Crippen LogP contribution in [0.15, 0.2) is 0 Å². The molecule has 0 saturated carbocycles. The summed E-state index contributed by atoms with van der Waals surface area (Å²) in [5.74, 6) is 0.507. The Hall–Kier alpha value is 0.640. The predicted molar refractivity (Wildman–Crippen MR) is 33.8 cm³/mol. The van der Waals surface area contributed by atoms with Crippen molar-refractivity contribution in [2.75, 3.05) is 13.2 Å². The maximum absolute atomic E-state index is 5.50. The highest BCUT2D eigenvalue weighted by atomic mass is 35.7. The standard InChI is InChI=1S/C4H8ClO2P/c1-4-2-6-8(5)7-3-4/h4H,2-3H2,1H3. The molecule has 1 fully saturated rings. The lowest BCUT2D eigenvalue weighted by Crippen LogP contribution is -2.14. The third kappa shape index (κ3) is 1.87. The average molecular weight is 155 g/mol. The van der Waals surface area contributed by atoms with Crippen molar-refractivity contribution in [3.8, 4) is 0 Å². The van der Waals surface area contributed by atoms with Crippen molar-refractivity contribution in [3.05, 3.63) is 0 Å². The van der Waals surface area contributed by atoms with Gasteiger partial charge in [0.1, 0.15) is 0 Å². The van der Waals surface area contributed by atoms with Crippen molar-refractivity contribution >= 4 is 19.0 Å². The Balaban J connectivity index is 2.19. The summed E-state index contributed by atoms with van der Waals surface area (Å²) in [5.41, 5.74) is 0. The molecule has 4 heteroatoms. The van der Waals surface area contributed by atoms with Crippen molar-refractivity contribution in [2.24, 2.45) is 5.92 Å². The monoisotopic (exact) mass is 154 g/mol. The Morgan fingerprint density at radius 1 is 1.50 bits per heavy atom. The van der Waals surface area contributed by atoms with Gasteiger partial charge in [0, 0.05) is 5.92 Å². The quantitative estimate of drug-likeness (QED) is 0.498. The molecule has 0 atom stereocenters. The first-order valence-corrected chi connectivity index (χ1v) is 4.59. The molecule has 1 heterocycles. The van der Waals surface area contributed by atoms with Gasteiger partial charge in [-0.2, -0.15) is 0 Å².